The molecule has 0 bridgehead atoms. The van der Waals surface area contributed by atoms with Gasteiger partial charge >= 0.3 is 0 Å². The van der Waals surface area contributed by atoms with Crippen LogP contribution in [0.5, 0.6) is 0 Å². The van der Waals surface area contributed by atoms with Gasteiger partial charge in [0.25, 0.3) is 15.9 Å². The van der Waals surface area contributed by atoms with E-state index in [-0.39, 0.29) is 22.1 Å². The lowest BCUT2D eigenvalue weighted by atomic mass is 10.1. The first kappa shape index (κ1) is 22.2. The zero-order chi connectivity index (χ0) is 22.6. The lowest BCUT2D eigenvalue weighted by Crippen LogP contribution is -2.27. The summed E-state index contributed by atoms with van der Waals surface area (Å²) in [6, 6.07) is 13.3. The Balaban J connectivity index is 1.79. The van der Waals surface area contributed by atoms with Crippen molar-refractivity contribution in [3.63, 3.8) is 0 Å². The summed E-state index contributed by atoms with van der Waals surface area (Å²) in [5.74, 6) is -0.607. The minimum atomic E-state index is -3.91. The van der Waals surface area contributed by atoms with Crippen LogP contribution >= 0.6 is 0 Å². The van der Waals surface area contributed by atoms with E-state index in [2.05, 4.69) is 20.0 Å². The predicted octanol–water partition coefficient (Wildman–Crippen LogP) is 1.93. The lowest BCUT2D eigenvalue weighted by Gasteiger charge is -2.19. The highest BCUT2D eigenvalue weighted by Gasteiger charge is 2.20. The third-order valence-corrected chi connectivity index (χ3v) is 6.74. The number of sulfonamides is 2. The second kappa shape index (κ2) is 8.70. The normalized spacial score (nSPS) is 11.5. The van der Waals surface area contributed by atoms with Gasteiger partial charge in [0.1, 0.15) is 0 Å². The van der Waals surface area contributed by atoms with Crippen LogP contribution in [0.4, 0.5) is 17.3 Å². The van der Waals surface area contributed by atoms with Gasteiger partial charge in [0.15, 0.2) is 0 Å². The maximum absolute atomic E-state index is 12.7. The van der Waals surface area contributed by atoms with E-state index in [4.69, 9.17) is 0 Å². The Bertz CT molecular complexity index is 1300. The summed E-state index contributed by atoms with van der Waals surface area (Å²) in [5, 5.41) is 2.63. The molecule has 0 atom stereocenters. The first-order valence-electron chi connectivity index (χ1n) is 8.82. The maximum Gasteiger partial charge on any atom is 0.264 e. The first-order chi connectivity index (χ1) is 14.6. The van der Waals surface area contributed by atoms with Crippen LogP contribution < -0.4 is 14.3 Å². The van der Waals surface area contributed by atoms with Crippen LogP contribution in [0.2, 0.25) is 0 Å². The summed E-state index contributed by atoms with van der Waals surface area (Å²) in [4.78, 5) is 20.3. The summed E-state index contributed by atoms with van der Waals surface area (Å²) in [6.45, 7) is 0. The molecule has 0 unspecified atom stereocenters. The highest BCUT2D eigenvalue weighted by atomic mass is 32.2. The van der Waals surface area contributed by atoms with Crippen LogP contribution in [0.15, 0.2) is 71.9 Å². The molecule has 0 saturated heterocycles. The van der Waals surface area contributed by atoms with Gasteiger partial charge in [-0.25, -0.2) is 31.5 Å². The fourth-order valence-corrected chi connectivity index (χ4v) is 4.04. The molecule has 0 radical (unpaired) electrons. The highest BCUT2D eigenvalue weighted by Crippen LogP contribution is 2.23. The monoisotopic (exact) mass is 461 g/mol. The molecule has 2 N–H and O–H groups in total. The van der Waals surface area contributed by atoms with Crippen molar-refractivity contribution in [1.82, 2.24) is 9.97 Å². The zero-order valence-electron chi connectivity index (χ0n) is 16.6. The molecule has 0 aliphatic rings. The number of nitrogens with one attached hydrogen (secondary N) is 2. The van der Waals surface area contributed by atoms with Crippen molar-refractivity contribution in [3.8, 4) is 0 Å². The molecular formula is C19H19N5O5S2. The number of carbonyl (C=O) groups is 1. The molecule has 0 fully saturated rings. The molecule has 10 nitrogen and oxygen atoms in total. The van der Waals surface area contributed by atoms with E-state index in [1.54, 1.807) is 18.2 Å². The smallest absolute Gasteiger partial charge is 0.264 e. The van der Waals surface area contributed by atoms with Gasteiger partial charge in [-0.2, -0.15) is 0 Å². The Morgan fingerprint density at radius 3 is 2.13 bits per heavy atom. The number of para-hydroxylation sites is 1. The van der Waals surface area contributed by atoms with Crippen LogP contribution in [0, 0.1) is 0 Å². The summed E-state index contributed by atoms with van der Waals surface area (Å²) >= 11 is 0. The van der Waals surface area contributed by atoms with Crippen LogP contribution in [0.25, 0.3) is 0 Å². The molecular weight excluding hydrogens is 442 g/mol. The number of nitrogens with zero attached hydrogens (tertiary/aromatic N) is 3. The van der Waals surface area contributed by atoms with E-state index in [9.17, 15) is 21.6 Å². The van der Waals surface area contributed by atoms with Crippen LogP contribution in [0.3, 0.4) is 0 Å². The molecule has 1 heterocycles. The van der Waals surface area contributed by atoms with Crippen molar-refractivity contribution in [3.05, 3.63) is 72.6 Å². The van der Waals surface area contributed by atoms with Crippen molar-refractivity contribution in [2.75, 3.05) is 27.6 Å². The molecule has 162 valence electrons. The fourth-order valence-electron chi connectivity index (χ4n) is 2.57. The van der Waals surface area contributed by atoms with E-state index in [0.29, 0.717) is 5.69 Å². The molecule has 2 aromatic carbocycles. The lowest BCUT2D eigenvalue weighted by molar-refractivity contribution is 0.102. The molecule has 12 heteroatoms. The second-order valence-electron chi connectivity index (χ2n) is 6.40. The zero-order valence-corrected chi connectivity index (χ0v) is 18.2. The van der Waals surface area contributed by atoms with Gasteiger partial charge in [-0.15, -0.1) is 0 Å². The Morgan fingerprint density at radius 1 is 0.903 bits per heavy atom. The van der Waals surface area contributed by atoms with Crippen LogP contribution in [0.1, 0.15) is 10.4 Å². The molecule has 0 spiro atoms. The van der Waals surface area contributed by atoms with Crippen molar-refractivity contribution in [2.24, 2.45) is 0 Å². The number of hydrogen-bond donors (Lipinski definition) is 2. The number of carbonyl (C=O) groups excluding carboxylic acids is 1. The van der Waals surface area contributed by atoms with Crippen LogP contribution in [-0.4, -0.2) is 46.0 Å². The fraction of sp³-hybridized carbons (Fsp3) is 0.105. The third-order valence-electron chi connectivity index (χ3n) is 4.20. The number of aromatic nitrogens is 2. The molecule has 0 aliphatic carbocycles. The molecule has 31 heavy (non-hydrogen) atoms. The quantitative estimate of drug-likeness (QED) is 0.548. The van der Waals surface area contributed by atoms with E-state index in [0.717, 1.165) is 10.6 Å². The molecule has 0 aliphatic heterocycles. The van der Waals surface area contributed by atoms with Gasteiger partial charge in [-0.1, -0.05) is 12.1 Å². The SMILES string of the molecule is CN(c1ccccc1C(=O)Nc1ccc(S(=O)(=O)Nc2ncccn2)cc1)S(C)(=O)=O. The van der Waals surface area contributed by atoms with Crippen molar-refractivity contribution >= 4 is 43.3 Å². The van der Waals surface area contributed by atoms with Gasteiger partial charge in [0.2, 0.25) is 16.0 Å². The standard InChI is InChI=1S/C19H19N5O5S2/c1-24(30(2,26)27)17-7-4-3-6-16(17)18(25)22-14-8-10-15(11-9-14)31(28,29)23-19-20-12-5-13-21-19/h3-13H,1-2H3,(H,22,25)(H,20,21,23). The van der Waals surface area contributed by atoms with Crippen molar-refractivity contribution in [1.29, 1.82) is 0 Å². The first-order valence-corrected chi connectivity index (χ1v) is 12.2. The van der Waals surface area contributed by atoms with Gasteiger partial charge in [-0.3, -0.25) is 9.10 Å². The Kier molecular flexibility index (Phi) is 6.22. The number of amides is 1. The molecule has 3 rings (SSSR count). The number of anilines is 3. The summed E-state index contributed by atoms with van der Waals surface area (Å²) in [7, 11) is -6.12. The van der Waals surface area contributed by atoms with E-state index >= 15 is 0 Å². The minimum absolute atomic E-state index is 0.0461. The van der Waals surface area contributed by atoms with Gasteiger partial charge in [-0.05, 0) is 42.5 Å². The Morgan fingerprint density at radius 2 is 1.52 bits per heavy atom. The third kappa shape index (κ3) is 5.35. The number of hydrogen-bond acceptors (Lipinski definition) is 7. The summed E-state index contributed by atoms with van der Waals surface area (Å²) in [6.07, 6.45) is 3.85. The van der Waals surface area contributed by atoms with E-state index in [1.807, 2.05) is 0 Å². The summed E-state index contributed by atoms with van der Waals surface area (Å²) in [5.41, 5.74) is 0.695. The van der Waals surface area contributed by atoms with E-state index in [1.165, 1.54) is 55.8 Å². The molecule has 3 aromatic rings. The van der Waals surface area contributed by atoms with E-state index < -0.39 is 26.0 Å². The van der Waals surface area contributed by atoms with Crippen molar-refractivity contribution < 1.29 is 21.6 Å². The number of rotatable bonds is 7. The maximum atomic E-state index is 12.7. The van der Waals surface area contributed by atoms with Crippen molar-refractivity contribution in [2.45, 2.75) is 4.90 Å². The highest BCUT2D eigenvalue weighted by molar-refractivity contribution is 7.92. The largest absolute Gasteiger partial charge is 0.322 e. The Labute approximate surface area is 180 Å². The average Bonchev–Trinajstić information content (AvgIpc) is 2.73. The molecule has 1 amide bonds. The Hall–Kier alpha value is -3.51. The van der Waals surface area contributed by atoms with Gasteiger partial charge < -0.3 is 5.32 Å². The number of benzene rings is 2. The topological polar surface area (TPSA) is 138 Å². The predicted molar refractivity (Wildman–Crippen MR) is 117 cm³/mol. The van der Waals surface area contributed by atoms with Gasteiger partial charge in [0.05, 0.1) is 22.4 Å². The summed E-state index contributed by atoms with van der Waals surface area (Å²) < 4.78 is 51.8. The molecule has 1 aromatic heterocycles. The minimum Gasteiger partial charge on any atom is -0.322 e. The average molecular weight is 462 g/mol. The van der Waals surface area contributed by atoms with Gasteiger partial charge in [0, 0.05) is 25.1 Å². The second-order valence-corrected chi connectivity index (χ2v) is 10.1. The van der Waals surface area contributed by atoms with Crippen LogP contribution in [-0.2, 0) is 20.0 Å². The molecule has 0 saturated carbocycles.